The fraction of sp³-hybridized carbons (Fsp3) is 0.318. The van der Waals surface area contributed by atoms with Crippen LogP contribution in [0.15, 0.2) is 41.2 Å². The quantitative estimate of drug-likeness (QED) is 0.598. The molecular weight excluding hydrogens is 418 g/mol. The van der Waals surface area contributed by atoms with Crippen LogP contribution >= 0.6 is 11.6 Å². The van der Waals surface area contributed by atoms with Gasteiger partial charge in [0.05, 0.1) is 11.0 Å². The maximum absolute atomic E-state index is 12.7. The van der Waals surface area contributed by atoms with Crippen molar-refractivity contribution in [3.05, 3.63) is 57.5 Å². The Morgan fingerprint density at radius 1 is 1.16 bits per heavy atom. The molecule has 1 fully saturated rings. The lowest BCUT2D eigenvalue weighted by Crippen LogP contribution is -2.55. The van der Waals surface area contributed by atoms with Gasteiger partial charge < -0.3 is 20.1 Å². The van der Waals surface area contributed by atoms with Gasteiger partial charge in [0, 0.05) is 49.1 Å². The van der Waals surface area contributed by atoms with Crippen molar-refractivity contribution in [1.29, 1.82) is 0 Å². The highest BCUT2D eigenvalue weighted by Crippen LogP contribution is 2.26. The van der Waals surface area contributed by atoms with Crippen LogP contribution in [0.1, 0.15) is 12.5 Å². The summed E-state index contributed by atoms with van der Waals surface area (Å²) < 4.78 is 1.45. The number of halogens is 1. The van der Waals surface area contributed by atoms with Crippen molar-refractivity contribution in [2.75, 3.05) is 29.9 Å². The van der Waals surface area contributed by atoms with E-state index < -0.39 is 11.8 Å². The number of benzene rings is 2. The average molecular weight is 442 g/mol. The van der Waals surface area contributed by atoms with Gasteiger partial charge in [-0.15, -0.1) is 0 Å². The first-order chi connectivity index (χ1) is 14.7. The number of nitrogens with zero attached hydrogens (tertiary/aromatic N) is 3. The third kappa shape index (κ3) is 4.03. The van der Waals surface area contributed by atoms with E-state index in [4.69, 9.17) is 11.6 Å². The number of aryl methyl sites for hydroxylation is 2. The Kier molecular flexibility index (Phi) is 5.49. The zero-order valence-corrected chi connectivity index (χ0v) is 18.4. The molecule has 2 heterocycles. The van der Waals surface area contributed by atoms with E-state index >= 15 is 0 Å². The van der Waals surface area contributed by atoms with Gasteiger partial charge in [-0.2, -0.15) is 0 Å². The van der Waals surface area contributed by atoms with E-state index in [-0.39, 0.29) is 11.7 Å². The van der Waals surface area contributed by atoms with E-state index in [1.54, 1.807) is 30.1 Å². The van der Waals surface area contributed by atoms with E-state index in [0.717, 1.165) is 16.3 Å². The molecule has 2 amide bonds. The van der Waals surface area contributed by atoms with Gasteiger partial charge in [0.2, 0.25) is 0 Å². The molecule has 162 valence electrons. The minimum absolute atomic E-state index is 0.0526. The van der Waals surface area contributed by atoms with Crippen LogP contribution in [0.25, 0.3) is 11.0 Å². The highest BCUT2D eigenvalue weighted by Gasteiger charge is 2.30. The van der Waals surface area contributed by atoms with Crippen LogP contribution in [0.3, 0.4) is 0 Å². The van der Waals surface area contributed by atoms with Crippen LogP contribution in [0.2, 0.25) is 5.02 Å². The summed E-state index contributed by atoms with van der Waals surface area (Å²) in [4.78, 5) is 43.5. The summed E-state index contributed by atoms with van der Waals surface area (Å²) in [6.45, 7) is 5.51. The molecule has 1 aliphatic rings. The van der Waals surface area contributed by atoms with Crippen molar-refractivity contribution in [1.82, 2.24) is 14.5 Å². The Hall–Kier alpha value is -3.26. The first-order valence-electron chi connectivity index (χ1n) is 10.1. The number of fused-ring (bicyclic) bond motifs is 1. The summed E-state index contributed by atoms with van der Waals surface area (Å²) in [6, 6.07) is 11.0. The van der Waals surface area contributed by atoms with Crippen molar-refractivity contribution in [3.63, 3.8) is 0 Å². The maximum Gasteiger partial charge on any atom is 0.326 e. The number of aromatic amines is 1. The number of anilines is 2. The standard InChI is InChI=1S/C22H24ClN5O3/c1-13-10-16(5-6-17(13)23)28-9-8-27(12-14(28)2)21(30)20(29)24-15-4-7-18-19(11-15)26(3)22(31)25-18/h4-7,10-11,14H,8-9,12H2,1-3H3,(H,24,29)(H,25,31)/t14-/m1/s1. The SMILES string of the molecule is Cc1cc(N2CCN(C(=O)C(=O)Nc3ccc4[nH]c(=O)n(C)c4c3)C[C@H]2C)ccc1Cl. The Labute approximate surface area is 184 Å². The Morgan fingerprint density at radius 3 is 2.65 bits per heavy atom. The number of nitrogens with one attached hydrogen (secondary N) is 2. The van der Waals surface area contributed by atoms with Gasteiger partial charge >= 0.3 is 17.5 Å². The molecule has 0 bridgehead atoms. The average Bonchev–Trinajstić information content (AvgIpc) is 3.03. The second kappa shape index (κ2) is 8.11. The van der Waals surface area contributed by atoms with Crippen molar-refractivity contribution in [2.24, 2.45) is 7.05 Å². The van der Waals surface area contributed by atoms with Gasteiger partial charge in [0.25, 0.3) is 0 Å². The number of H-pyrrole nitrogens is 1. The van der Waals surface area contributed by atoms with E-state index in [0.29, 0.717) is 36.4 Å². The summed E-state index contributed by atoms with van der Waals surface area (Å²) in [6.07, 6.45) is 0. The molecule has 1 atom stereocenters. The van der Waals surface area contributed by atoms with Crippen molar-refractivity contribution >= 4 is 45.8 Å². The molecule has 31 heavy (non-hydrogen) atoms. The minimum atomic E-state index is -0.692. The normalized spacial score (nSPS) is 16.6. The number of hydrogen-bond donors (Lipinski definition) is 2. The van der Waals surface area contributed by atoms with Gasteiger partial charge in [-0.25, -0.2) is 4.79 Å². The summed E-state index contributed by atoms with van der Waals surface area (Å²) in [5.41, 5.74) is 3.59. The number of imidazole rings is 1. The zero-order chi connectivity index (χ0) is 22.3. The third-order valence-corrected chi connectivity index (χ3v) is 6.17. The fourth-order valence-corrected chi connectivity index (χ4v) is 4.08. The molecule has 4 rings (SSSR count). The van der Waals surface area contributed by atoms with Gasteiger partial charge in [0.15, 0.2) is 0 Å². The largest absolute Gasteiger partial charge is 0.365 e. The van der Waals surface area contributed by atoms with Crippen LogP contribution in [0, 0.1) is 6.92 Å². The molecular formula is C22H24ClN5O3. The van der Waals surface area contributed by atoms with E-state index in [1.807, 2.05) is 32.0 Å². The molecule has 1 saturated heterocycles. The number of amides is 2. The summed E-state index contributed by atoms with van der Waals surface area (Å²) in [5.74, 6) is -1.26. The number of carbonyl (C=O) groups excluding carboxylic acids is 2. The number of hydrogen-bond acceptors (Lipinski definition) is 4. The minimum Gasteiger partial charge on any atom is -0.365 e. The fourth-order valence-electron chi connectivity index (χ4n) is 3.96. The second-order valence-electron chi connectivity index (χ2n) is 7.90. The van der Waals surface area contributed by atoms with Crippen LogP contribution in [0.5, 0.6) is 0 Å². The summed E-state index contributed by atoms with van der Waals surface area (Å²) >= 11 is 6.13. The van der Waals surface area contributed by atoms with E-state index in [2.05, 4.69) is 15.2 Å². The van der Waals surface area contributed by atoms with Crippen LogP contribution in [-0.2, 0) is 16.6 Å². The van der Waals surface area contributed by atoms with Crippen LogP contribution in [-0.4, -0.2) is 51.9 Å². The molecule has 0 saturated carbocycles. The number of piperazine rings is 1. The molecule has 1 aliphatic heterocycles. The molecule has 0 aliphatic carbocycles. The predicted molar refractivity (Wildman–Crippen MR) is 122 cm³/mol. The van der Waals surface area contributed by atoms with Gasteiger partial charge in [-0.1, -0.05) is 11.6 Å². The Balaban J connectivity index is 1.43. The van der Waals surface area contributed by atoms with Gasteiger partial charge in [-0.05, 0) is 55.8 Å². The molecule has 1 aromatic heterocycles. The van der Waals surface area contributed by atoms with Crippen LogP contribution in [0.4, 0.5) is 11.4 Å². The Morgan fingerprint density at radius 2 is 1.94 bits per heavy atom. The smallest absolute Gasteiger partial charge is 0.326 e. The van der Waals surface area contributed by atoms with Crippen LogP contribution < -0.4 is 15.9 Å². The van der Waals surface area contributed by atoms with Crippen molar-refractivity contribution in [3.8, 4) is 0 Å². The second-order valence-corrected chi connectivity index (χ2v) is 8.31. The lowest BCUT2D eigenvalue weighted by molar-refractivity contribution is -0.143. The molecule has 2 aromatic carbocycles. The van der Waals surface area contributed by atoms with E-state index in [1.165, 1.54) is 4.57 Å². The van der Waals surface area contributed by atoms with Gasteiger partial charge in [-0.3, -0.25) is 14.2 Å². The highest BCUT2D eigenvalue weighted by molar-refractivity contribution is 6.39. The number of rotatable bonds is 2. The lowest BCUT2D eigenvalue weighted by Gasteiger charge is -2.41. The third-order valence-electron chi connectivity index (χ3n) is 5.75. The van der Waals surface area contributed by atoms with E-state index in [9.17, 15) is 14.4 Å². The first kappa shape index (κ1) is 21.0. The summed E-state index contributed by atoms with van der Waals surface area (Å²) in [5, 5.41) is 3.37. The molecule has 0 spiro atoms. The molecule has 2 N–H and O–H groups in total. The molecule has 0 radical (unpaired) electrons. The maximum atomic E-state index is 12.7. The molecule has 9 heteroatoms. The van der Waals surface area contributed by atoms with Gasteiger partial charge in [0.1, 0.15) is 0 Å². The Bertz CT molecular complexity index is 1230. The summed E-state index contributed by atoms with van der Waals surface area (Å²) in [7, 11) is 1.64. The lowest BCUT2D eigenvalue weighted by atomic mass is 10.1. The number of carbonyl (C=O) groups is 2. The highest BCUT2D eigenvalue weighted by atomic mass is 35.5. The molecule has 3 aromatic rings. The monoisotopic (exact) mass is 441 g/mol. The molecule has 8 nitrogen and oxygen atoms in total. The topological polar surface area (TPSA) is 90.4 Å². The zero-order valence-electron chi connectivity index (χ0n) is 17.6. The van der Waals surface area contributed by atoms with Crippen molar-refractivity contribution in [2.45, 2.75) is 19.9 Å². The molecule has 0 unspecified atom stereocenters. The predicted octanol–water partition coefficient (Wildman–Crippen LogP) is 2.50. The first-order valence-corrected chi connectivity index (χ1v) is 10.4. The van der Waals surface area contributed by atoms with Crippen molar-refractivity contribution < 1.29 is 9.59 Å². The number of aromatic nitrogens is 2.